The molecule has 0 atom stereocenters. The van der Waals surface area contributed by atoms with Gasteiger partial charge in [-0.1, -0.05) is 12.1 Å². The van der Waals surface area contributed by atoms with E-state index < -0.39 is 0 Å². The Morgan fingerprint density at radius 3 is 2.38 bits per heavy atom. The first kappa shape index (κ1) is 12.8. The number of aryl methyl sites for hydroxylation is 4. The molecule has 0 aliphatic heterocycles. The van der Waals surface area contributed by atoms with Crippen LogP contribution in [0, 0.1) is 26.2 Å². The minimum absolute atomic E-state index is 0.376. The summed E-state index contributed by atoms with van der Waals surface area (Å²) in [6.07, 6.45) is 2.73. The molecule has 0 bridgehead atoms. The fourth-order valence-electron chi connectivity index (χ4n) is 1.83. The van der Waals surface area contributed by atoms with Gasteiger partial charge in [0.1, 0.15) is 0 Å². The number of benzene rings is 1. The van der Waals surface area contributed by atoms with E-state index in [0.29, 0.717) is 5.90 Å². The largest absolute Gasteiger partial charge is 0.484 e. The molecule has 0 spiro atoms. The van der Waals surface area contributed by atoms with Gasteiger partial charge in [-0.2, -0.15) is 0 Å². The summed E-state index contributed by atoms with van der Waals surface area (Å²) >= 11 is 0. The standard InChI is InChI=1S/C14H21NO/c1-10-8-12(3)13(9-11(10)2)6-5-7-14(15)16-4/h8-9,15H,5-7H2,1-4H3. The molecule has 1 N–H and O–H groups in total. The van der Waals surface area contributed by atoms with Crippen molar-refractivity contribution >= 4 is 5.90 Å². The van der Waals surface area contributed by atoms with Gasteiger partial charge in [-0.25, -0.2) is 0 Å². The first-order chi connectivity index (χ1) is 7.54. The maximum atomic E-state index is 7.41. The third-order valence-electron chi connectivity index (χ3n) is 3.05. The van der Waals surface area contributed by atoms with E-state index in [1.54, 1.807) is 7.11 Å². The predicted molar refractivity (Wildman–Crippen MR) is 68.3 cm³/mol. The fourth-order valence-corrected chi connectivity index (χ4v) is 1.83. The summed E-state index contributed by atoms with van der Waals surface area (Å²) in [6.45, 7) is 6.45. The summed E-state index contributed by atoms with van der Waals surface area (Å²) < 4.78 is 4.84. The van der Waals surface area contributed by atoms with Crippen molar-refractivity contribution in [3.05, 3.63) is 34.4 Å². The third kappa shape index (κ3) is 3.37. The van der Waals surface area contributed by atoms with Crippen LogP contribution >= 0.6 is 0 Å². The van der Waals surface area contributed by atoms with E-state index in [1.165, 1.54) is 22.3 Å². The number of rotatable bonds is 4. The quantitative estimate of drug-likeness (QED) is 0.609. The molecule has 0 amide bonds. The first-order valence-electron chi connectivity index (χ1n) is 5.72. The Morgan fingerprint density at radius 2 is 1.75 bits per heavy atom. The Hall–Kier alpha value is -1.31. The van der Waals surface area contributed by atoms with Gasteiger partial charge in [0.25, 0.3) is 0 Å². The van der Waals surface area contributed by atoms with E-state index in [2.05, 4.69) is 32.9 Å². The van der Waals surface area contributed by atoms with Crippen LogP contribution in [0.5, 0.6) is 0 Å². The smallest absolute Gasteiger partial charge is 0.180 e. The van der Waals surface area contributed by atoms with E-state index in [-0.39, 0.29) is 0 Å². The summed E-state index contributed by atoms with van der Waals surface area (Å²) in [5, 5.41) is 7.41. The Labute approximate surface area is 98.1 Å². The molecule has 88 valence electrons. The molecule has 1 aromatic carbocycles. The number of ether oxygens (including phenoxy) is 1. The molecule has 0 heterocycles. The van der Waals surface area contributed by atoms with Crippen LogP contribution in [0.15, 0.2) is 12.1 Å². The molecule has 0 aromatic heterocycles. The normalized spacial score (nSPS) is 10.2. The minimum atomic E-state index is 0.376. The number of methoxy groups -OCH3 is 1. The molecular formula is C14H21NO. The summed E-state index contributed by atoms with van der Waals surface area (Å²) in [5.74, 6) is 0.376. The van der Waals surface area contributed by atoms with Crippen molar-refractivity contribution in [1.29, 1.82) is 5.41 Å². The van der Waals surface area contributed by atoms with Crippen LogP contribution in [0.1, 0.15) is 35.1 Å². The van der Waals surface area contributed by atoms with Crippen molar-refractivity contribution in [1.82, 2.24) is 0 Å². The molecule has 2 nitrogen and oxygen atoms in total. The van der Waals surface area contributed by atoms with Crippen LogP contribution in [-0.4, -0.2) is 13.0 Å². The molecule has 0 aliphatic rings. The molecule has 16 heavy (non-hydrogen) atoms. The van der Waals surface area contributed by atoms with Crippen molar-refractivity contribution in [2.45, 2.75) is 40.0 Å². The zero-order valence-corrected chi connectivity index (χ0v) is 10.7. The fraction of sp³-hybridized carbons (Fsp3) is 0.500. The Morgan fingerprint density at radius 1 is 1.12 bits per heavy atom. The summed E-state index contributed by atoms with van der Waals surface area (Å²) in [5.41, 5.74) is 5.45. The SMILES string of the molecule is COC(=N)CCCc1cc(C)c(C)cc1C. The monoisotopic (exact) mass is 219 g/mol. The highest BCUT2D eigenvalue weighted by atomic mass is 16.5. The Balaban J connectivity index is 2.60. The van der Waals surface area contributed by atoms with Crippen molar-refractivity contribution in [3.8, 4) is 0 Å². The molecule has 1 aromatic rings. The second kappa shape index (κ2) is 5.69. The van der Waals surface area contributed by atoms with Gasteiger partial charge in [-0.3, -0.25) is 5.41 Å². The topological polar surface area (TPSA) is 33.1 Å². The van der Waals surface area contributed by atoms with Gasteiger partial charge in [-0.05, 0) is 55.9 Å². The molecule has 0 saturated carbocycles. The van der Waals surface area contributed by atoms with Crippen molar-refractivity contribution in [3.63, 3.8) is 0 Å². The Bertz CT molecular complexity index is 383. The molecular weight excluding hydrogens is 198 g/mol. The lowest BCUT2D eigenvalue weighted by Crippen LogP contribution is -2.00. The molecule has 0 radical (unpaired) electrons. The van der Waals surface area contributed by atoms with Crippen LogP contribution < -0.4 is 0 Å². The van der Waals surface area contributed by atoms with Gasteiger partial charge in [0, 0.05) is 6.42 Å². The summed E-state index contributed by atoms with van der Waals surface area (Å²) in [4.78, 5) is 0. The van der Waals surface area contributed by atoms with Crippen molar-refractivity contribution in [2.24, 2.45) is 0 Å². The molecule has 1 rings (SSSR count). The first-order valence-corrected chi connectivity index (χ1v) is 5.72. The van der Waals surface area contributed by atoms with Gasteiger partial charge in [0.2, 0.25) is 0 Å². The van der Waals surface area contributed by atoms with Crippen LogP contribution in [-0.2, 0) is 11.2 Å². The molecule has 2 heteroatoms. The van der Waals surface area contributed by atoms with Gasteiger partial charge >= 0.3 is 0 Å². The van der Waals surface area contributed by atoms with Gasteiger partial charge in [0.15, 0.2) is 5.90 Å². The molecule has 0 fully saturated rings. The summed E-state index contributed by atoms with van der Waals surface area (Å²) in [7, 11) is 1.56. The van der Waals surface area contributed by atoms with E-state index in [4.69, 9.17) is 10.1 Å². The van der Waals surface area contributed by atoms with Crippen molar-refractivity contribution < 1.29 is 4.74 Å². The zero-order valence-electron chi connectivity index (χ0n) is 10.7. The molecule has 0 unspecified atom stereocenters. The molecule has 0 saturated heterocycles. The van der Waals surface area contributed by atoms with Crippen LogP contribution in [0.2, 0.25) is 0 Å². The maximum absolute atomic E-state index is 7.41. The van der Waals surface area contributed by atoms with Crippen LogP contribution in [0.4, 0.5) is 0 Å². The average Bonchev–Trinajstić information content (AvgIpc) is 2.25. The van der Waals surface area contributed by atoms with E-state index >= 15 is 0 Å². The number of hydrogen-bond donors (Lipinski definition) is 1. The zero-order chi connectivity index (χ0) is 12.1. The number of hydrogen-bond acceptors (Lipinski definition) is 2. The van der Waals surface area contributed by atoms with E-state index in [1.807, 2.05) is 0 Å². The lowest BCUT2D eigenvalue weighted by atomic mass is 9.97. The maximum Gasteiger partial charge on any atom is 0.180 e. The van der Waals surface area contributed by atoms with Crippen molar-refractivity contribution in [2.75, 3.05) is 7.11 Å². The Kier molecular flexibility index (Phi) is 4.53. The number of nitrogens with one attached hydrogen (secondary N) is 1. The van der Waals surface area contributed by atoms with E-state index in [0.717, 1.165) is 19.3 Å². The highest BCUT2D eigenvalue weighted by molar-refractivity contribution is 5.72. The highest BCUT2D eigenvalue weighted by Gasteiger charge is 2.03. The van der Waals surface area contributed by atoms with E-state index in [9.17, 15) is 0 Å². The third-order valence-corrected chi connectivity index (χ3v) is 3.05. The lowest BCUT2D eigenvalue weighted by Gasteiger charge is -2.09. The lowest BCUT2D eigenvalue weighted by molar-refractivity contribution is 0.384. The van der Waals surface area contributed by atoms with Crippen LogP contribution in [0.25, 0.3) is 0 Å². The predicted octanol–water partition coefficient (Wildman–Crippen LogP) is 3.56. The second-order valence-corrected chi connectivity index (χ2v) is 4.34. The van der Waals surface area contributed by atoms with Crippen LogP contribution in [0.3, 0.4) is 0 Å². The molecule has 0 aliphatic carbocycles. The summed E-state index contributed by atoms with van der Waals surface area (Å²) in [6, 6.07) is 4.51. The minimum Gasteiger partial charge on any atom is -0.484 e. The van der Waals surface area contributed by atoms with Gasteiger partial charge < -0.3 is 4.74 Å². The average molecular weight is 219 g/mol. The van der Waals surface area contributed by atoms with Gasteiger partial charge in [-0.15, -0.1) is 0 Å². The second-order valence-electron chi connectivity index (χ2n) is 4.34. The highest BCUT2D eigenvalue weighted by Crippen LogP contribution is 2.17. The van der Waals surface area contributed by atoms with Gasteiger partial charge in [0.05, 0.1) is 7.11 Å².